The first-order valence-electron chi connectivity index (χ1n) is 6.25. The number of rotatable bonds is 8. The molecule has 0 saturated carbocycles. The molecule has 0 heterocycles. The van der Waals surface area contributed by atoms with Gasteiger partial charge in [0.1, 0.15) is 0 Å². The Labute approximate surface area is 104 Å². The summed E-state index contributed by atoms with van der Waals surface area (Å²) in [7, 11) is 1.72. The van der Waals surface area contributed by atoms with Gasteiger partial charge in [0, 0.05) is 26.2 Å². The zero-order chi connectivity index (χ0) is 12.5. The molecule has 0 aromatic heterocycles. The van der Waals surface area contributed by atoms with Crippen LogP contribution in [0.15, 0.2) is 30.3 Å². The van der Waals surface area contributed by atoms with Gasteiger partial charge in [0.25, 0.3) is 0 Å². The summed E-state index contributed by atoms with van der Waals surface area (Å²) in [6.07, 6.45) is 2.30. The van der Waals surface area contributed by atoms with Crippen molar-refractivity contribution < 1.29 is 4.74 Å². The standard InChI is InChI=1S/C14H24N2O/c1-12(17-2)10-16-11-14(15)9-8-13-6-4-3-5-7-13/h3-7,12,14,16H,8-11,15H2,1-2H3. The molecule has 0 radical (unpaired) electrons. The fourth-order valence-corrected chi connectivity index (χ4v) is 1.65. The van der Waals surface area contributed by atoms with E-state index < -0.39 is 0 Å². The molecule has 0 aliphatic rings. The molecular formula is C14H24N2O. The highest BCUT2D eigenvalue weighted by Gasteiger charge is 2.04. The molecule has 0 bridgehead atoms. The minimum atomic E-state index is 0.208. The van der Waals surface area contributed by atoms with Crippen LogP contribution in [0.2, 0.25) is 0 Å². The average molecular weight is 236 g/mol. The number of ether oxygens (including phenoxy) is 1. The van der Waals surface area contributed by atoms with Crippen LogP contribution >= 0.6 is 0 Å². The van der Waals surface area contributed by atoms with E-state index in [1.165, 1.54) is 5.56 Å². The van der Waals surface area contributed by atoms with Gasteiger partial charge in [-0.05, 0) is 25.3 Å². The Balaban J connectivity index is 2.11. The Bertz CT molecular complexity index is 290. The minimum Gasteiger partial charge on any atom is -0.380 e. The summed E-state index contributed by atoms with van der Waals surface area (Å²) in [4.78, 5) is 0. The second-order valence-corrected chi connectivity index (χ2v) is 4.49. The fraction of sp³-hybridized carbons (Fsp3) is 0.571. The van der Waals surface area contributed by atoms with Crippen LogP contribution in [0.5, 0.6) is 0 Å². The van der Waals surface area contributed by atoms with Crippen molar-refractivity contribution in [3.63, 3.8) is 0 Å². The highest BCUT2D eigenvalue weighted by molar-refractivity contribution is 5.14. The number of methoxy groups -OCH3 is 1. The Morgan fingerprint density at radius 1 is 1.24 bits per heavy atom. The first-order valence-corrected chi connectivity index (χ1v) is 6.25. The van der Waals surface area contributed by atoms with Crippen molar-refractivity contribution in [2.75, 3.05) is 20.2 Å². The SMILES string of the molecule is COC(C)CNCC(N)CCc1ccccc1. The van der Waals surface area contributed by atoms with E-state index in [9.17, 15) is 0 Å². The third-order valence-corrected chi connectivity index (χ3v) is 2.89. The lowest BCUT2D eigenvalue weighted by molar-refractivity contribution is 0.117. The molecule has 2 unspecified atom stereocenters. The second kappa shape index (κ2) is 8.23. The molecule has 0 spiro atoms. The lowest BCUT2D eigenvalue weighted by atomic mass is 10.1. The van der Waals surface area contributed by atoms with Gasteiger partial charge >= 0.3 is 0 Å². The quantitative estimate of drug-likeness (QED) is 0.720. The molecule has 3 N–H and O–H groups in total. The van der Waals surface area contributed by atoms with Crippen molar-refractivity contribution in [2.24, 2.45) is 5.73 Å². The van der Waals surface area contributed by atoms with Crippen molar-refractivity contribution in [1.29, 1.82) is 0 Å². The fourth-order valence-electron chi connectivity index (χ4n) is 1.65. The Hall–Kier alpha value is -0.900. The summed E-state index contributed by atoms with van der Waals surface area (Å²) >= 11 is 0. The van der Waals surface area contributed by atoms with E-state index in [0.29, 0.717) is 0 Å². The van der Waals surface area contributed by atoms with Crippen LogP contribution in [0.25, 0.3) is 0 Å². The predicted octanol–water partition coefficient (Wildman–Crippen LogP) is 1.57. The predicted molar refractivity (Wildman–Crippen MR) is 72.1 cm³/mol. The zero-order valence-corrected chi connectivity index (χ0v) is 10.9. The molecule has 0 amide bonds. The number of hydrogen-bond donors (Lipinski definition) is 2. The van der Waals surface area contributed by atoms with Gasteiger partial charge < -0.3 is 15.8 Å². The van der Waals surface area contributed by atoms with Crippen molar-refractivity contribution >= 4 is 0 Å². The maximum atomic E-state index is 6.05. The van der Waals surface area contributed by atoms with Gasteiger partial charge in [0.05, 0.1) is 6.10 Å². The van der Waals surface area contributed by atoms with Gasteiger partial charge in [-0.1, -0.05) is 30.3 Å². The van der Waals surface area contributed by atoms with Crippen LogP contribution < -0.4 is 11.1 Å². The van der Waals surface area contributed by atoms with E-state index in [1.54, 1.807) is 7.11 Å². The van der Waals surface area contributed by atoms with Crippen molar-refractivity contribution in [3.8, 4) is 0 Å². The lowest BCUT2D eigenvalue weighted by Crippen LogP contribution is -2.37. The average Bonchev–Trinajstić information content (AvgIpc) is 2.37. The van der Waals surface area contributed by atoms with E-state index >= 15 is 0 Å². The Morgan fingerprint density at radius 3 is 2.59 bits per heavy atom. The molecule has 3 heteroatoms. The molecule has 1 rings (SSSR count). The molecule has 1 aromatic carbocycles. The number of aryl methyl sites for hydroxylation is 1. The Kier molecular flexibility index (Phi) is 6.86. The summed E-state index contributed by atoms with van der Waals surface area (Å²) in [6, 6.07) is 10.7. The molecule has 1 aromatic rings. The van der Waals surface area contributed by atoms with E-state index in [4.69, 9.17) is 10.5 Å². The molecule has 0 aliphatic heterocycles. The van der Waals surface area contributed by atoms with Crippen molar-refractivity contribution in [3.05, 3.63) is 35.9 Å². The molecule has 0 aliphatic carbocycles. The number of nitrogens with two attached hydrogens (primary N) is 1. The molecule has 2 atom stereocenters. The van der Waals surface area contributed by atoms with Gasteiger partial charge in [-0.15, -0.1) is 0 Å². The highest BCUT2D eigenvalue weighted by Crippen LogP contribution is 2.03. The molecule has 96 valence electrons. The first kappa shape index (κ1) is 14.2. The van der Waals surface area contributed by atoms with Crippen molar-refractivity contribution in [2.45, 2.75) is 31.9 Å². The molecule has 3 nitrogen and oxygen atoms in total. The highest BCUT2D eigenvalue weighted by atomic mass is 16.5. The summed E-state index contributed by atoms with van der Waals surface area (Å²) in [6.45, 7) is 3.75. The number of hydrogen-bond acceptors (Lipinski definition) is 3. The number of nitrogens with one attached hydrogen (secondary N) is 1. The van der Waals surface area contributed by atoms with Crippen LogP contribution in [0.4, 0.5) is 0 Å². The lowest BCUT2D eigenvalue weighted by Gasteiger charge is -2.15. The first-order chi connectivity index (χ1) is 8.22. The van der Waals surface area contributed by atoms with Crippen molar-refractivity contribution in [1.82, 2.24) is 5.32 Å². The van der Waals surface area contributed by atoms with Crippen LogP contribution in [0.1, 0.15) is 18.9 Å². The summed E-state index contributed by atoms with van der Waals surface area (Å²) < 4.78 is 5.16. The molecule has 17 heavy (non-hydrogen) atoms. The van der Waals surface area contributed by atoms with Gasteiger partial charge in [-0.25, -0.2) is 0 Å². The van der Waals surface area contributed by atoms with E-state index in [1.807, 2.05) is 13.0 Å². The van der Waals surface area contributed by atoms with Gasteiger partial charge in [-0.3, -0.25) is 0 Å². The zero-order valence-electron chi connectivity index (χ0n) is 10.9. The van der Waals surface area contributed by atoms with E-state index in [2.05, 4.69) is 29.6 Å². The minimum absolute atomic E-state index is 0.208. The van der Waals surface area contributed by atoms with Gasteiger partial charge in [0.15, 0.2) is 0 Å². The summed E-state index contributed by atoms with van der Waals surface area (Å²) in [5, 5.41) is 3.32. The number of benzene rings is 1. The van der Waals surface area contributed by atoms with E-state index in [-0.39, 0.29) is 12.1 Å². The summed E-state index contributed by atoms with van der Waals surface area (Å²) in [5.74, 6) is 0. The molecule has 0 saturated heterocycles. The molecular weight excluding hydrogens is 212 g/mol. The maximum absolute atomic E-state index is 6.05. The second-order valence-electron chi connectivity index (χ2n) is 4.49. The monoisotopic (exact) mass is 236 g/mol. The van der Waals surface area contributed by atoms with Crippen LogP contribution in [-0.2, 0) is 11.2 Å². The van der Waals surface area contributed by atoms with Gasteiger partial charge in [-0.2, -0.15) is 0 Å². The topological polar surface area (TPSA) is 47.3 Å². The molecule has 0 fully saturated rings. The third-order valence-electron chi connectivity index (χ3n) is 2.89. The van der Waals surface area contributed by atoms with Crippen LogP contribution in [0, 0.1) is 0 Å². The van der Waals surface area contributed by atoms with E-state index in [0.717, 1.165) is 25.9 Å². The van der Waals surface area contributed by atoms with Crippen LogP contribution in [-0.4, -0.2) is 32.3 Å². The van der Waals surface area contributed by atoms with Gasteiger partial charge in [0.2, 0.25) is 0 Å². The largest absolute Gasteiger partial charge is 0.380 e. The maximum Gasteiger partial charge on any atom is 0.0667 e. The summed E-state index contributed by atoms with van der Waals surface area (Å²) in [5.41, 5.74) is 7.40. The third kappa shape index (κ3) is 6.41. The smallest absolute Gasteiger partial charge is 0.0667 e. The van der Waals surface area contributed by atoms with Crippen LogP contribution in [0.3, 0.4) is 0 Å². The Morgan fingerprint density at radius 2 is 1.94 bits per heavy atom. The normalized spacial score (nSPS) is 14.5.